The molecule has 0 aromatic heterocycles. The highest BCUT2D eigenvalue weighted by Gasteiger charge is 2.33. The quantitative estimate of drug-likeness (QED) is 0.582. The van der Waals surface area contributed by atoms with E-state index in [4.69, 9.17) is 5.73 Å². The fraction of sp³-hybridized carbons (Fsp3) is 0.0714. The Hall–Kier alpha value is -1.77. The first-order valence-corrected chi connectivity index (χ1v) is 6.89. The first kappa shape index (κ1) is 15.6. The van der Waals surface area contributed by atoms with Crippen LogP contribution in [-0.4, -0.2) is 5.91 Å². The van der Waals surface area contributed by atoms with Gasteiger partial charge in [-0.3, -0.25) is 4.79 Å². The molecule has 0 bridgehead atoms. The fourth-order valence-electron chi connectivity index (χ4n) is 1.72. The first-order valence-electron chi connectivity index (χ1n) is 5.81. The predicted octanol–water partition coefficient (Wildman–Crippen LogP) is 4.14. The van der Waals surface area contributed by atoms with E-state index >= 15 is 0 Å². The number of benzene rings is 2. The van der Waals surface area contributed by atoms with Gasteiger partial charge in [0.1, 0.15) is 0 Å². The van der Waals surface area contributed by atoms with Crippen molar-refractivity contribution in [1.29, 1.82) is 0 Å². The molecule has 0 heterocycles. The smallest absolute Gasteiger partial charge is 0.398 e. The number of carbonyl (C=O) groups excluding carboxylic acids is 1. The van der Waals surface area contributed by atoms with Crippen molar-refractivity contribution in [2.24, 2.45) is 0 Å². The molecule has 0 saturated carbocycles. The van der Waals surface area contributed by atoms with Gasteiger partial charge in [-0.05, 0) is 52.9 Å². The molecule has 0 aliphatic rings. The van der Waals surface area contributed by atoms with Crippen LogP contribution in [0, 0.1) is 3.57 Å². The lowest BCUT2D eigenvalue weighted by molar-refractivity contribution is -0.136. The number of amides is 1. The number of anilines is 2. The molecule has 110 valence electrons. The Morgan fingerprint density at radius 2 is 1.81 bits per heavy atom. The molecule has 7 heteroatoms. The average Bonchev–Trinajstić information content (AvgIpc) is 2.40. The Labute approximate surface area is 132 Å². The molecule has 0 unspecified atom stereocenters. The van der Waals surface area contributed by atoms with E-state index in [1.807, 2.05) is 22.6 Å². The molecule has 2 aromatic carbocycles. The van der Waals surface area contributed by atoms with Crippen LogP contribution in [0.25, 0.3) is 0 Å². The molecule has 0 aliphatic carbocycles. The van der Waals surface area contributed by atoms with Crippen LogP contribution in [0.15, 0.2) is 42.5 Å². The van der Waals surface area contributed by atoms with Crippen molar-refractivity contribution in [3.8, 4) is 0 Å². The summed E-state index contributed by atoms with van der Waals surface area (Å²) >= 11 is 1.98. The molecule has 0 saturated heterocycles. The van der Waals surface area contributed by atoms with Crippen LogP contribution in [0.2, 0.25) is 0 Å². The fourth-order valence-corrected chi connectivity index (χ4v) is 2.36. The average molecular weight is 406 g/mol. The second kappa shape index (κ2) is 5.92. The molecule has 3 N–H and O–H groups in total. The lowest BCUT2D eigenvalue weighted by Gasteiger charge is -2.13. The van der Waals surface area contributed by atoms with Gasteiger partial charge in [-0.25, -0.2) is 0 Å². The molecule has 3 nitrogen and oxygen atoms in total. The first-order chi connectivity index (χ1) is 9.79. The molecule has 0 fully saturated rings. The molecular weight excluding hydrogens is 396 g/mol. The third-order valence-electron chi connectivity index (χ3n) is 2.74. The van der Waals surface area contributed by atoms with Crippen molar-refractivity contribution in [2.75, 3.05) is 11.1 Å². The number of halogens is 4. The zero-order chi connectivity index (χ0) is 15.6. The van der Waals surface area contributed by atoms with E-state index in [-0.39, 0.29) is 11.4 Å². The van der Waals surface area contributed by atoms with Crippen LogP contribution in [-0.2, 0) is 6.18 Å². The summed E-state index contributed by atoms with van der Waals surface area (Å²) in [6, 6.07) is 10.1. The van der Waals surface area contributed by atoms with E-state index in [1.54, 1.807) is 24.3 Å². The van der Waals surface area contributed by atoms with Gasteiger partial charge in [-0.1, -0.05) is 12.1 Å². The molecular formula is C14H10F3IN2O. The van der Waals surface area contributed by atoms with Crippen LogP contribution < -0.4 is 11.1 Å². The normalized spacial score (nSPS) is 11.2. The molecule has 0 radical (unpaired) electrons. The number of carbonyl (C=O) groups is 1. The summed E-state index contributed by atoms with van der Waals surface area (Å²) in [5.74, 6) is -0.474. The maximum atomic E-state index is 12.8. The van der Waals surface area contributed by atoms with E-state index in [0.717, 1.165) is 12.1 Å². The summed E-state index contributed by atoms with van der Waals surface area (Å²) in [4.78, 5) is 12.1. The van der Waals surface area contributed by atoms with Crippen LogP contribution in [0.1, 0.15) is 15.9 Å². The highest BCUT2D eigenvalue weighted by Crippen LogP contribution is 2.35. The van der Waals surface area contributed by atoms with Crippen molar-refractivity contribution in [2.45, 2.75) is 6.18 Å². The molecule has 21 heavy (non-hydrogen) atoms. The minimum Gasteiger partial charge on any atom is -0.398 e. The summed E-state index contributed by atoms with van der Waals surface area (Å²) in [6.07, 6.45) is -4.56. The molecule has 1 amide bonds. The molecule has 2 rings (SSSR count). The van der Waals surface area contributed by atoms with E-state index in [0.29, 0.717) is 9.13 Å². The minimum atomic E-state index is -4.56. The largest absolute Gasteiger partial charge is 0.418 e. The second-order valence-corrected chi connectivity index (χ2v) is 5.40. The second-order valence-electron chi connectivity index (χ2n) is 4.23. The molecule has 0 atom stereocenters. The Kier molecular flexibility index (Phi) is 4.40. The molecule has 0 spiro atoms. The topological polar surface area (TPSA) is 55.1 Å². The van der Waals surface area contributed by atoms with Crippen molar-refractivity contribution in [1.82, 2.24) is 0 Å². The Balaban J connectivity index is 2.29. The van der Waals surface area contributed by atoms with E-state index in [1.165, 1.54) is 6.07 Å². The van der Waals surface area contributed by atoms with Crippen molar-refractivity contribution >= 4 is 39.9 Å². The van der Waals surface area contributed by atoms with Gasteiger partial charge in [-0.2, -0.15) is 13.2 Å². The zero-order valence-electron chi connectivity index (χ0n) is 10.5. The number of hydrogen-bond donors (Lipinski definition) is 2. The highest BCUT2D eigenvalue weighted by atomic mass is 127. The van der Waals surface area contributed by atoms with Gasteiger partial charge in [0.2, 0.25) is 0 Å². The number of nitrogens with two attached hydrogens (primary N) is 1. The molecule has 0 aliphatic heterocycles. The third kappa shape index (κ3) is 3.66. The monoisotopic (exact) mass is 406 g/mol. The SMILES string of the molecule is Nc1ccc(NC(=O)c2ccccc2I)cc1C(F)(F)F. The molecule has 2 aromatic rings. The number of hydrogen-bond acceptors (Lipinski definition) is 2. The standard InChI is InChI=1S/C14H10F3IN2O/c15-14(16,17)10-7-8(5-6-12(10)19)20-13(21)9-3-1-2-4-11(9)18/h1-7H,19H2,(H,20,21). The number of nitrogens with one attached hydrogen (secondary N) is 1. The summed E-state index contributed by atoms with van der Waals surface area (Å²) in [7, 11) is 0. The van der Waals surface area contributed by atoms with E-state index in [2.05, 4.69) is 5.32 Å². The summed E-state index contributed by atoms with van der Waals surface area (Å²) < 4.78 is 39.0. The van der Waals surface area contributed by atoms with E-state index < -0.39 is 17.6 Å². The van der Waals surface area contributed by atoms with Gasteiger partial charge < -0.3 is 11.1 Å². The van der Waals surface area contributed by atoms with Crippen molar-refractivity contribution in [3.05, 3.63) is 57.2 Å². The maximum absolute atomic E-state index is 12.8. The van der Waals surface area contributed by atoms with Crippen molar-refractivity contribution in [3.63, 3.8) is 0 Å². The van der Waals surface area contributed by atoms with Crippen LogP contribution >= 0.6 is 22.6 Å². The van der Waals surface area contributed by atoms with Gasteiger partial charge in [0.05, 0.1) is 11.1 Å². The maximum Gasteiger partial charge on any atom is 0.418 e. The summed E-state index contributed by atoms with van der Waals surface area (Å²) in [5.41, 5.74) is 4.39. The van der Waals surface area contributed by atoms with Gasteiger partial charge in [0.25, 0.3) is 5.91 Å². The van der Waals surface area contributed by atoms with Crippen LogP contribution in [0.5, 0.6) is 0 Å². The Morgan fingerprint density at radius 1 is 1.14 bits per heavy atom. The minimum absolute atomic E-state index is 0.0428. The van der Waals surface area contributed by atoms with Crippen LogP contribution in [0.3, 0.4) is 0 Å². The lowest BCUT2D eigenvalue weighted by atomic mass is 10.1. The highest BCUT2D eigenvalue weighted by molar-refractivity contribution is 14.1. The van der Waals surface area contributed by atoms with Crippen LogP contribution in [0.4, 0.5) is 24.5 Å². The van der Waals surface area contributed by atoms with Gasteiger partial charge in [-0.15, -0.1) is 0 Å². The van der Waals surface area contributed by atoms with Gasteiger partial charge in [0.15, 0.2) is 0 Å². The van der Waals surface area contributed by atoms with Gasteiger partial charge >= 0.3 is 6.18 Å². The summed E-state index contributed by atoms with van der Waals surface area (Å²) in [5, 5.41) is 2.44. The lowest BCUT2D eigenvalue weighted by Crippen LogP contribution is -2.15. The van der Waals surface area contributed by atoms with Crippen molar-refractivity contribution < 1.29 is 18.0 Å². The predicted molar refractivity (Wildman–Crippen MR) is 83.0 cm³/mol. The Bertz CT molecular complexity index is 686. The number of rotatable bonds is 2. The third-order valence-corrected chi connectivity index (χ3v) is 3.68. The van der Waals surface area contributed by atoms with E-state index in [9.17, 15) is 18.0 Å². The Morgan fingerprint density at radius 3 is 2.43 bits per heavy atom. The zero-order valence-corrected chi connectivity index (χ0v) is 12.7. The van der Waals surface area contributed by atoms with Gasteiger partial charge in [0, 0.05) is 14.9 Å². The summed E-state index contributed by atoms with van der Waals surface area (Å²) in [6.45, 7) is 0. The number of alkyl halides is 3. The number of nitrogen functional groups attached to an aromatic ring is 1.